The van der Waals surface area contributed by atoms with E-state index in [2.05, 4.69) is 130 Å². The molecule has 0 bridgehead atoms. The van der Waals surface area contributed by atoms with Crippen LogP contribution in [0, 0.1) is 30.6 Å². The molecule has 0 unspecified atom stereocenters. The van der Waals surface area contributed by atoms with Gasteiger partial charge in [0.15, 0.2) is 51.5 Å². The molecule has 0 spiro atoms. The van der Waals surface area contributed by atoms with Crippen LogP contribution >= 0.6 is 11.5 Å². The van der Waals surface area contributed by atoms with E-state index in [0.717, 1.165) is 146 Å². The summed E-state index contributed by atoms with van der Waals surface area (Å²) in [5.41, 5.74) is 15.5. The molecule has 670 valence electrons. The van der Waals surface area contributed by atoms with Gasteiger partial charge < -0.3 is 35.7 Å². The predicted octanol–water partition coefficient (Wildman–Crippen LogP) is 10.9. The van der Waals surface area contributed by atoms with Gasteiger partial charge in [0.05, 0.1) is 132 Å². The lowest BCUT2D eigenvalue weighted by molar-refractivity contribution is -0.118. The van der Waals surface area contributed by atoms with Gasteiger partial charge in [0.25, 0.3) is 0 Å². The van der Waals surface area contributed by atoms with Crippen molar-refractivity contribution in [2.45, 2.75) is 117 Å². The zero-order valence-corrected chi connectivity index (χ0v) is 73.7. The molecule has 4 aliphatic carbocycles. The number of amides is 4. The van der Waals surface area contributed by atoms with E-state index in [1.807, 2.05) is 142 Å². The second-order valence-corrected chi connectivity index (χ2v) is 36.8. The lowest BCUT2D eigenvalue weighted by Gasteiger charge is -2.14. The molecule has 4 aliphatic rings. The van der Waals surface area contributed by atoms with Crippen LogP contribution in [0.15, 0.2) is 181 Å². The van der Waals surface area contributed by atoms with Crippen LogP contribution in [0.4, 0.5) is 27.7 Å². The van der Waals surface area contributed by atoms with E-state index >= 15 is 0 Å². The molecule has 0 atom stereocenters. The van der Waals surface area contributed by atoms with Crippen LogP contribution < -0.4 is 26.6 Å². The van der Waals surface area contributed by atoms with Gasteiger partial charge in [-0.05, 0) is 216 Å². The zero-order chi connectivity index (χ0) is 90.5. The highest BCUT2D eigenvalue weighted by Gasteiger charge is 2.34. The first-order chi connectivity index (χ1) is 63.9. The summed E-state index contributed by atoms with van der Waals surface area (Å²) in [7, 11) is -1.33. The Morgan fingerprint density at radius 3 is 1.43 bits per heavy atom. The summed E-state index contributed by atoms with van der Waals surface area (Å²) in [5.74, 6) is 4.83. The highest BCUT2D eigenvalue weighted by molar-refractivity contribution is 7.90. The lowest BCUT2D eigenvalue weighted by Crippen LogP contribution is -2.21. The largest absolute Gasteiger partial charge is 0.460 e. The molecule has 0 saturated heterocycles. The Kier molecular flexibility index (Phi) is 22.9. The third-order valence-electron chi connectivity index (χ3n) is 22.6. The standard InChI is InChI=1S/C25H26N8O4S.C23H23N9O2.C21H18N8OS.C20H20FN7O/c1-38(35,36)11-10-26-13-19-6-8-22(37-19)17-4-7-20-21(12-17)32(31-29-20)14-18-5-9-24-27-23(15-33(24)30-18)28-25(34)16-2-3-16;1-34-9-8-30-12-17(11-24-30)16-4-6-21-27-28-22(31(21)13-16)10-18-5-7-20-25-19(14-32(20)29-18)26-23(33)15-2-3-15;1-12-8-18(31-26-12)14-4-6-16-17(9-14)28(27-24-16)10-15-5-7-20-22-19(11-29(20)25-15)23-21(30)13-2-3-13;1-20(2,21)13-5-7-15-16(9-13)27(26-24-15)10-14-6-8-18-22-17(11-28(18)25-14)23-19(29)12-3-4-12/h4-9,12,15-16,26H,2-3,10-11,13-14H2,1H3,(H,28,34);4-7,11-15H,2-3,8-10H2,1H3,(H,26,33);4-9,11,13H,2-3,10H2,1H3,(H,23,30);5-9,11-12H,3-4,10H2,1-2H3,(H,23,29). The SMILES string of the molecule is CC(C)(F)c1ccc2nnn(Cc3ccc4nc(NC(=O)C5CC5)cn4n3)c2c1.COCCn1cc(-c2ccc3nnc(Cc4ccc5nc(NC(=O)C6CC6)cn5n4)n3c2)cn1.CS(=O)(=O)CCNCc1ccc(-c2ccc3nnn(Cc4ccc5nc(NC(=O)C6CC6)cn5n4)c3c2)o1.Cc1cc(-c2ccc3nnn(Cc4ccc5nc(NC(=O)C6CC6)cn5n4)c3c2)sn1. The van der Waals surface area contributed by atoms with E-state index in [4.69, 9.17) is 9.15 Å². The number of pyridine rings is 1. The molecular weight excluding hydrogens is 1730 g/mol. The number of alkyl halides is 1. The summed E-state index contributed by atoms with van der Waals surface area (Å²) in [4.78, 5) is 66.8. The Hall–Kier alpha value is -15.2. The number of nitrogens with one attached hydrogen (secondary N) is 5. The van der Waals surface area contributed by atoms with E-state index in [9.17, 15) is 32.0 Å². The first kappa shape index (κ1) is 84.9. The summed E-state index contributed by atoms with van der Waals surface area (Å²) in [5, 5.41) is 71.6. The summed E-state index contributed by atoms with van der Waals surface area (Å²) < 4.78 is 68.2. The second kappa shape index (κ2) is 35.7. The van der Waals surface area contributed by atoms with Crippen molar-refractivity contribution in [2.75, 3.05) is 53.5 Å². The van der Waals surface area contributed by atoms with Crippen molar-refractivity contribution in [3.8, 4) is 32.9 Å². The Morgan fingerprint density at radius 1 is 0.508 bits per heavy atom. The fraction of sp³-hybridized carbons (Fsp3) is 0.303. The van der Waals surface area contributed by atoms with Crippen LogP contribution in [0.25, 0.3) is 94.2 Å². The van der Waals surface area contributed by atoms with E-state index in [0.29, 0.717) is 121 Å². The van der Waals surface area contributed by atoms with Crippen molar-refractivity contribution in [2.24, 2.45) is 23.7 Å². The minimum atomic E-state index is -3.00. The van der Waals surface area contributed by atoms with Crippen molar-refractivity contribution < 1.29 is 41.1 Å². The van der Waals surface area contributed by atoms with Crippen molar-refractivity contribution in [1.29, 1.82) is 0 Å². The van der Waals surface area contributed by atoms with Crippen molar-refractivity contribution in [3.05, 3.63) is 222 Å². The maximum absolute atomic E-state index is 14.3. The molecule has 0 aliphatic heterocycles. The van der Waals surface area contributed by atoms with Gasteiger partial charge in [-0.15, -0.1) is 25.5 Å². The average molecular weight is 1820 g/mol. The van der Waals surface area contributed by atoms with Crippen molar-refractivity contribution in [3.63, 3.8) is 0 Å². The predicted molar refractivity (Wildman–Crippen MR) is 485 cm³/mol. The third kappa shape index (κ3) is 19.8. The van der Waals surface area contributed by atoms with Crippen molar-refractivity contribution >= 4 is 130 Å². The fourth-order valence-corrected chi connectivity index (χ4v) is 16.0. The number of sulfone groups is 1. The number of fused-ring (bicyclic) bond motifs is 8. The normalized spacial score (nSPS) is 14.0. The number of hydrogen-bond donors (Lipinski definition) is 5. The number of aromatic nitrogens is 27. The van der Waals surface area contributed by atoms with Gasteiger partial charge in [-0.2, -0.15) is 29.9 Å². The van der Waals surface area contributed by atoms with Crippen LogP contribution in [0.2, 0.25) is 0 Å². The highest BCUT2D eigenvalue weighted by atomic mass is 32.2. The van der Waals surface area contributed by atoms with E-state index in [1.54, 1.807) is 77.5 Å². The maximum Gasteiger partial charge on any atom is 0.228 e. The monoisotopic (exact) mass is 1810 g/mol. The topological polar surface area (TPSA) is 459 Å². The van der Waals surface area contributed by atoms with Gasteiger partial charge in [-0.25, -0.2) is 64.9 Å². The minimum Gasteiger partial charge on any atom is -0.460 e. The van der Waals surface area contributed by atoms with Crippen molar-refractivity contribution in [1.82, 2.24) is 137 Å². The summed E-state index contributed by atoms with van der Waals surface area (Å²) in [6, 6.07) is 42.0. The summed E-state index contributed by atoms with van der Waals surface area (Å²) in [6.45, 7) is 8.39. The minimum absolute atomic E-state index is 0.00501. The van der Waals surface area contributed by atoms with E-state index in [1.165, 1.54) is 31.6 Å². The molecule has 4 saturated carbocycles. The van der Waals surface area contributed by atoms with Crippen LogP contribution in [-0.2, 0) is 78.6 Å². The number of furan rings is 1. The number of imidazole rings is 4. The molecule has 5 N–H and O–H groups in total. The Balaban J connectivity index is 0.000000110. The quantitative estimate of drug-likeness (QED) is 0.0284. The molecule has 4 amide bonds. The fourth-order valence-electron chi connectivity index (χ4n) is 14.8. The number of carbonyl (C=O) groups is 4. The summed E-state index contributed by atoms with van der Waals surface area (Å²) >= 11 is 1.48. The number of rotatable bonds is 28. The maximum atomic E-state index is 14.3. The Bertz CT molecular complexity index is 7720. The van der Waals surface area contributed by atoms with Gasteiger partial charge in [0.2, 0.25) is 23.6 Å². The first-order valence-corrected chi connectivity index (χ1v) is 45.9. The van der Waals surface area contributed by atoms with Gasteiger partial charge in [0, 0.05) is 72.7 Å². The Labute approximate surface area is 753 Å². The zero-order valence-electron chi connectivity index (χ0n) is 72.1. The molecule has 0 radical (unpaired) electrons. The number of benzene rings is 3. The molecule has 3 aromatic carbocycles. The van der Waals surface area contributed by atoms with E-state index < -0.39 is 15.5 Å². The van der Waals surface area contributed by atoms with Crippen LogP contribution in [0.3, 0.4) is 0 Å². The van der Waals surface area contributed by atoms with Crippen LogP contribution in [0.5, 0.6) is 0 Å². The molecule has 43 heteroatoms. The number of methoxy groups -OCH3 is 1. The number of carbonyl (C=O) groups excluding carboxylic acids is 4. The molecule has 132 heavy (non-hydrogen) atoms. The smallest absolute Gasteiger partial charge is 0.228 e. The number of aryl methyl sites for hydroxylation is 1. The number of nitrogens with zero attached hydrogens (tertiary/aromatic N) is 27. The first-order valence-electron chi connectivity index (χ1n) is 43.1. The number of halogens is 1. The molecule has 40 nitrogen and oxygen atoms in total. The van der Waals surface area contributed by atoms with Crippen LogP contribution in [-0.4, -0.2) is 196 Å². The molecule has 16 heterocycles. The molecule has 23 rings (SSSR count). The second-order valence-electron chi connectivity index (χ2n) is 33.7. The summed E-state index contributed by atoms with van der Waals surface area (Å²) in [6.07, 6.45) is 22.0. The molecule has 4 fully saturated rings. The van der Waals surface area contributed by atoms with Gasteiger partial charge in [-0.3, -0.25) is 28.3 Å². The number of ether oxygens (including phenoxy) is 1. The number of anilines is 4. The third-order valence-corrected chi connectivity index (χ3v) is 24.4. The van der Waals surface area contributed by atoms with Crippen LogP contribution in [0.1, 0.15) is 111 Å². The lowest BCUT2D eigenvalue weighted by atomic mass is 10.00. The van der Waals surface area contributed by atoms with Gasteiger partial charge in [0.1, 0.15) is 49.4 Å². The van der Waals surface area contributed by atoms with Gasteiger partial charge >= 0.3 is 0 Å². The van der Waals surface area contributed by atoms with E-state index in [-0.39, 0.29) is 53.1 Å². The number of hydrogen-bond acceptors (Lipinski definition) is 28. The Morgan fingerprint density at radius 2 is 0.962 bits per heavy atom. The molecular formula is C89H87FN32O8S2. The average Bonchev–Trinajstić information content (AvgIpc) is 1.67. The van der Waals surface area contributed by atoms with Gasteiger partial charge in [-0.1, -0.05) is 27.8 Å². The molecule has 16 aromatic heterocycles. The molecule has 19 aromatic rings. The highest BCUT2D eigenvalue weighted by Crippen LogP contribution is 2.36.